The molecule has 3 aromatic rings. The van der Waals surface area contributed by atoms with E-state index in [1.54, 1.807) is 12.1 Å². The normalized spacial score (nSPS) is 16.1. The van der Waals surface area contributed by atoms with E-state index >= 15 is 0 Å². The van der Waals surface area contributed by atoms with Gasteiger partial charge in [-0.05, 0) is 79.0 Å². The zero-order chi connectivity index (χ0) is 27.6. The van der Waals surface area contributed by atoms with Crippen LogP contribution in [0.1, 0.15) is 65.8 Å². The van der Waals surface area contributed by atoms with Crippen molar-refractivity contribution >= 4 is 56.2 Å². The van der Waals surface area contributed by atoms with Crippen LogP contribution >= 0.6 is 39.3 Å². The van der Waals surface area contributed by atoms with E-state index in [2.05, 4.69) is 20.8 Å². The number of fused-ring (bicyclic) bond motifs is 1. The first-order valence-electron chi connectivity index (χ1n) is 12.5. The molecule has 2 aliphatic rings. The van der Waals surface area contributed by atoms with E-state index < -0.39 is 17.7 Å². The van der Waals surface area contributed by atoms with Crippen molar-refractivity contribution in [2.75, 3.05) is 19.0 Å². The number of likely N-dealkylation sites (tertiary alicyclic amines) is 1. The van der Waals surface area contributed by atoms with E-state index in [0.29, 0.717) is 32.6 Å². The van der Waals surface area contributed by atoms with Crippen molar-refractivity contribution < 1.29 is 28.2 Å². The van der Waals surface area contributed by atoms with Crippen molar-refractivity contribution in [2.45, 2.75) is 62.0 Å². The number of carbonyl (C=O) groups is 1. The Kier molecular flexibility index (Phi) is 9.27. The van der Waals surface area contributed by atoms with Gasteiger partial charge in [-0.2, -0.15) is 13.2 Å². The molecule has 0 amide bonds. The lowest BCUT2D eigenvalue weighted by Gasteiger charge is -2.18. The van der Waals surface area contributed by atoms with E-state index in [0.717, 1.165) is 62.3 Å². The molecule has 1 aliphatic heterocycles. The number of phenols is 1. The highest BCUT2D eigenvalue weighted by Crippen LogP contribution is 2.47. The Labute approximate surface area is 237 Å². The quantitative estimate of drug-likeness (QED) is 0.202. The number of hydrogen-bond acceptors (Lipinski definition) is 4. The third-order valence-electron chi connectivity index (χ3n) is 6.67. The van der Waals surface area contributed by atoms with Gasteiger partial charge in [-0.25, -0.2) is 4.79 Å². The van der Waals surface area contributed by atoms with E-state index in [1.807, 2.05) is 11.5 Å². The summed E-state index contributed by atoms with van der Waals surface area (Å²) in [5.41, 5.74) is 1.29. The number of aromatic nitrogens is 1. The number of nitrogens with zero attached hydrogens (tertiary/aromatic N) is 2. The average molecular weight is 634 g/mol. The highest BCUT2D eigenvalue weighted by molar-refractivity contribution is 9.10. The van der Waals surface area contributed by atoms with Crippen LogP contribution in [0.4, 0.5) is 13.2 Å². The van der Waals surface area contributed by atoms with E-state index in [9.17, 15) is 28.2 Å². The standard InChI is InChI=1S/C25H24BrF3N2O3S.C2H5Cl/c26-18-11-19-21(17(23(18)32)12-30-8-1-2-9-30)22(24(33)34)20(31(19)15-6-7-15)13-35-16-5-3-4-14(10-16)25(27,28)29;1-2-3/h3-5,10-11,15,32H,1-2,6-9,12-13H2,(H,33,34);2H2,1H3. The number of halogens is 5. The average Bonchev–Trinajstić information content (AvgIpc) is 3.45. The Morgan fingerprint density at radius 3 is 2.45 bits per heavy atom. The summed E-state index contributed by atoms with van der Waals surface area (Å²) >= 11 is 9.64. The number of hydrogen-bond donors (Lipinski definition) is 2. The van der Waals surface area contributed by atoms with Crippen LogP contribution in [0.15, 0.2) is 39.7 Å². The van der Waals surface area contributed by atoms with E-state index in [1.165, 1.54) is 17.8 Å². The van der Waals surface area contributed by atoms with Crippen molar-refractivity contribution in [2.24, 2.45) is 0 Å². The SMILES string of the molecule is CCCl.O=C(O)c1c(CSc2cccc(C(F)(F)F)c2)n(C2CC2)c2cc(Br)c(O)c(CN3CCCC3)c12. The first-order chi connectivity index (χ1) is 18.1. The fraction of sp³-hybridized carbons (Fsp3) is 0.444. The van der Waals surface area contributed by atoms with Gasteiger partial charge in [0.25, 0.3) is 0 Å². The topological polar surface area (TPSA) is 65.7 Å². The van der Waals surface area contributed by atoms with Crippen LogP contribution in [0.5, 0.6) is 5.75 Å². The summed E-state index contributed by atoms with van der Waals surface area (Å²) in [5.74, 6) is -0.134. The second-order valence-corrected chi connectivity index (χ2v) is 11.8. The summed E-state index contributed by atoms with van der Waals surface area (Å²) < 4.78 is 42.1. The molecule has 11 heteroatoms. The van der Waals surface area contributed by atoms with Crippen molar-refractivity contribution in [1.29, 1.82) is 0 Å². The minimum atomic E-state index is -4.44. The van der Waals surface area contributed by atoms with Crippen LogP contribution < -0.4 is 0 Å². The number of carboxylic acids is 1. The molecule has 206 valence electrons. The fourth-order valence-electron chi connectivity index (χ4n) is 4.91. The molecule has 1 saturated carbocycles. The molecule has 5 rings (SSSR count). The third-order valence-corrected chi connectivity index (χ3v) is 8.28. The van der Waals surface area contributed by atoms with Gasteiger partial charge in [0.2, 0.25) is 0 Å². The molecule has 1 aromatic heterocycles. The number of alkyl halides is 4. The highest BCUT2D eigenvalue weighted by Gasteiger charge is 2.35. The molecule has 1 saturated heterocycles. The minimum absolute atomic E-state index is 0.0388. The minimum Gasteiger partial charge on any atom is -0.506 e. The highest BCUT2D eigenvalue weighted by atomic mass is 79.9. The maximum absolute atomic E-state index is 13.2. The lowest BCUT2D eigenvalue weighted by molar-refractivity contribution is -0.137. The van der Waals surface area contributed by atoms with Gasteiger partial charge < -0.3 is 14.8 Å². The smallest absolute Gasteiger partial charge is 0.416 e. The molecule has 2 heterocycles. The Morgan fingerprint density at radius 2 is 1.87 bits per heavy atom. The second kappa shape index (κ2) is 12.1. The van der Waals surface area contributed by atoms with Gasteiger partial charge in [-0.15, -0.1) is 23.4 Å². The number of carboxylic acid groups (broad SMARTS) is 1. The van der Waals surface area contributed by atoms with Crippen LogP contribution in [0.2, 0.25) is 0 Å². The fourth-order valence-corrected chi connectivity index (χ4v) is 6.34. The van der Waals surface area contributed by atoms with Crippen LogP contribution in [0, 0.1) is 0 Å². The summed E-state index contributed by atoms with van der Waals surface area (Å²) in [6, 6.07) is 6.99. The predicted molar refractivity (Wildman–Crippen MR) is 148 cm³/mol. The first-order valence-corrected chi connectivity index (χ1v) is 14.8. The van der Waals surface area contributed by atoms with Crippen LogP contribution in [0.3, 0.4) is 0 Å². The van der Waals surface area contributed by atoms with Crippen molar-refractivity contribution in [3.8, 4) is 5.75 Å². The summed E-state index contributed by atoms with van der Waals surface area (Å²) in [5, 5.41) is 21.8. The van der Waals surface area contributed by atoms with Crippen molar-refractivity contribution in [1.82, 2.24) is 9.47 Å². The van der Waals surface area contributed by atoms with E-state index in [4.69, 9.17) is 11.6 Å². The summed E-state index contributed by atoms with van der Waals surface area (Å²) in [6.07, 6.45) is -0.509. The molecule has 38 heavy (non-hydrogen) atoms. The third kappa shape index (κ3) is 6.29. The lowest BCUT2D eigenvalue weighted by Crippen LogP contribution is -2.19. The number of aromatic carboxylic acids is 1. The molecule has 0 atom stereocenters. The van der Waals surface area contributed by atoms with E-state index in [-0.39, 0.29) is 23.1 Å². The van der Waals surface area contributed by atoms with Crippen molar-refractivity contribution in [3.05, 3.63) is 57.2 Å². The Bertz CT molecular complexity index is 1320. The lowest BCUT2D eigenvalue weighted by atomic mass is 10.0. The molecule has 1 aliphatic carbocycles. The summed E-state index contributed by atoms with van der Waals surface area (Å²) in [7, 11) is 0. The van der Waals surface area contributed by atoms with Gasteiger partial charge in [0.1, 0.15) is 5.75 Å². The molecule has 2 N–H and O–H groups in total. The zero-order valence-electron chi connectivity index (χ0n) is 20.8. The van der Waals surface area contributed by atoms with Crippen LogP contribution in [-0.4, -0.2) is 44.6 Å². The molecule has 0 spiro atoms. The Hall–Kier alpha value is -1.88. The number of phenolic OH excluding ortho intramolecular Hbond substituents is 1. The molecule has 0 radical (unpaired) electrons. The van der Waals surface area contributed by atoms with Gasteiger partial charge in [0, 0.05) is 45.8 Å². The summed E-state index contributed by atoms with van der Waals surface area (Å²) in [4.78, 5) is 15.2. The van der Waals surface area contributed by atoms with Gasteiger partial charge >= 0.3 is 12.1 Å². The number of rotatable bonds is 7. The maximum Gasteiger partial charge on any atom is 0.416 e. The second-order valence-electron chi connectivity index (χ2n) is 9.37. The largest absolute Gasteiger partial charge is 0.506 e. The first kappa shape index (κ1) is 29.1. The van der Waals surface area contributed by atoms with Gasteiger partial charge in [-0.3, -0.25) is 4.90 Å². The number of aromatic hydroxyl groups is 1. The molecular weight excluding hydrogens is 605 g/mol. The molecule has 5 nitrogen and oxygen atoms in total. The number of benzene rings is 2. The van der Waals surface area contributed by atoms with Crippen LogP contribution in [0.25, 0.3) is 10.9 Å². The maximum atomic E-state index is 13.2. The Morgan fingerprint density at radius 1 is 1.21 bits per heavy atom. The zero-order valence-corrected chi connectivity index (χ0v) is 24.0. The molecular formula is C27H29BrClF3N2O3S. The van der Waals surface area contributed by atoms with Crippen LogP contribution in [-0.2, 0) is 18.5 Å². The Balaban J connectivity index is 0.00000107. The predicted octanol–water partition coefficient (Wildman–Crippen LogP) is 8.29. The van der Waals surface area contributed by atoms with Gasteiger partial charge in [-0.1, -0.05) is 13.0 Å². The molecule has 0 bridgehead atoms. The monoisotopic (exact) mass is 632 g/mol. The summed E-state index contributed by atoms with van der Waals surface area (Å²) in [6.45, 7) is 4.10. The number of thioether (sulfide) groups is 1. The molecule has 2 fully saturated rings. The van der Waals surface area contributed by atoms with Gasteiger partial charge in [0.15, 0.2) is 0 Å². The molecule has 2 aromatic carbocycles. The van der Waals surface area contributed by atoms with Gasteiger partial charge in [0.05, 0.1) is 21.1 Å². The molecule has 0 unspecified atom stereocenters. The van der Waals surface area contributed by atoms with Crippen molar-refractivity contribution in [3.63, 3.8) is 0 Å².